The molecule has 0 aliphatic rings. The van der Waals surface area contributed by atoms with Crippen LogP contribution < -0.4 is 5.73 Å². The molecule has 0 aromatic carbocycles. The third-order valence-corrected chi connectivity index (χ3v) is 1.54. The number of hydrogen-bond acceptors (Lipinski definition) is 3. The van der Waals surface area contributed by atoms with E-state index in [0.717, 1.165) is 32.2 Å². The molecule has 11 heavy (non-hydrogen) atoms. The topological polar surface area (TPSA) is 66.9 Å². The monoisotopic (exact) mass is 156 g/mol. The van der Waals surface area contributed by atoms with Crippen molar-refractivity contribution in [2.45, 2.75) is 32.1 Å². The van der Waals surface area contributed by atoms with Crippen molar-refractivity contribution in [3.63, 3.8) is 0 Å². The lowest BCUT2D eigenvalue weighted by atomic mass is 10.1. The SMILES string of the molecule is N=C(C=O)CCCCCCN. The third kappa shape index (κ3) is 7.19. The second-order valence-electron chi connectivity index (χ2n) is 2.60. The molecule has 0 aromatic rings. The number of nitrogens with one attached hydrogen (secondary N) is 1. The highest BCUT2D eigenvalue weighted by Crippen LogP contribution is 2.01. The van der Waals surface area contributed by atoms with Crippen molar-refractivity contribution < 1.29 is 4.79 Å². The number of rotatable bonds is 7. The number of unbranched alkanes of at least 4 members (excludes halogenated alkanes) is 3. The summed E-state index contributed by atoms with van der Waals surface area (Å²) in [5.41, 5.74) is 5.50. The van der Waals surface area contributed by atoms with E-state index in [1.165, 1.54) is 0 Å². The first-order valence-corrected chi connectivity index (χ1v) is 4.04. The number of aldehydes is 1. The lowest BCUT2D eigenvalue weighted by Crippen LogP contribution is -1.99. The van der Waals surface area contributed by atoms with Crippen LogP contribution in [0.1, 0.15) is 32.1 Å². The van der Waals surface area contributed by atoms with Gasteiger partial charge in [0.1, 0.15) is 0 Å². The largest absolute Gasteiger partial charge is 0.330 e. The zero-order valence-electron chi connectivity index (χ0n) is 6.81. The van der Waals surface area contributed by atoms with Gasteiger partial charge in [0, 0.05) is 0 Å². The van der Waals surface area contributed by atoms with Crippen LogP contribution in [0, 0.1) is 5.41 Å². The predicted octanol–water partition coefficient (Wildman–Crippen LogP) is 1.11. The van der Waals surface area contributed by atoms with Crippen LogP contribution in [-0.4, -0.2) is 18.5 Å². The Bertz CT molecular complexity index is 123. The normalized spacial score (nSPS) is 9.55. The van der Waals surface area contributed by atoms with Gasteiger partial charge in [0.2, 0.25) is 0 Å². The summed E-state index contributed by atoms with van der Waals surface area (Å²) in [6.07, 6.45) is 5.42. The van der Waals surface area contributed by atoms with Crippen molar-refractivity contribution in [1.29, 1.82) is 5.41 Å². The molecule has 64 valence electrons. The average molecular weight is 156 g/mol. The maximum absolute atomic E-state index is 9.98. The van der Waals surface area contributed by atoms with Gasteiger partial charge in [-0.1, -0.05) is 12.8 Å². The van der Waals surface area contributed by atoms with Gasteiger partial charge in [-0.05, 0) is 25.8 Å². The molecule has 0 bridgehead atoms. The lowest BCUT2D eigenvalue weighted by molar-refractivity contribution is -0.102. The molecule has 0 aliphatic carbocycles. The Hall–Kier alpha value is -0.700. The summed E-state index contributed by atoms with van der Waals surface area (Å²) < 4.78 is 0. The van der Waals surface area contributed by atoms with E-state index in [0.29, 0.717) is 12.7 Å². The molecule has 0 aliphatic heterocycles. The fourth-order valence-corrected chi connectivity index (χ4v) is 0.872. The maximum Gasteiger partial charge on any atom is 0.163 e. The van der Waals surface area contributed by atoms with Gasteiger partial charge in [-0.15, -0.1) is 0 Å². The van der Waals surface area contributed by atoms with E-state index in [4.69, 9.17) is 11.1 Å². The van der Waals surface area contributed by atoms with Gasteiger partial charge in [0.05, 0.1) is 5.71 Å². The van der Waals surface area contributed by atoms with Gasteiger partial charge in [0.15, 0.2) is 6.29 Å². The number of carbonyl (C=O) groups excluding carboxylic acids is 1. The van der Waals surface area contributed by atoms with Gasteiger partial charge in [-0.25, -0.2) is 0 Å². The van der Waals surface area contributed by atoms with E-state index in [2.05, 4.69) is 0 Å². The fraction of sp³-hybridized carbons (Fsp3) is 0.750. The highest BCUT2D eigenvalue weighted by atomic mass is 16.1. The van der Waals surface area contributed by atoms with Crippen LogP contribution in [0.3, 0.4) is 0 Å². The summed E-state index contributed by atoms with van der Waals surface area (Å²) in [4.78, 5) is 9.98. The molecule has 3 nitrogen and oxygen atoms in total. The minimum absolute atomic E-state index is 0.206. The molecule has 0 saturated carbocycles. The molecular formula is C8H16N2O. The highest BCUT2D eigenvalue weighted by molar-refractivity contribution is 6.26. The Morgan fingerprint density at radius 1 is 1.27 bits per heavy atom. The van der Waals surface area contributed by atoms with E-state index in [1.807, 2.05) is 0 Å². The highest BCUT2D eigenvalue weighted by Gasteiger charge is 1.93. The molecule has 0 atom stereocenters. The Kier molecular flexibility index (Phi) is 6.94. The Balaban J connectivity index is 3.01. The Morgan fingerprint density at radius 2 is 1.91 bits per heavy atom. The molecule has 0 aromatic heterocycles. The predicted molar refractivity (Wildman–Crippen MR) is 45.9 cm³/mol. The molecule has 0 heterocycles. The van der Waals surface area contributed by atoms with E-state index in [9.17, 15) is 4.79 Å². The number of nitrogens with two attached hydrogens (primary N) is 1. The van der Waals surface area contributed by atoms with E-state index in [1.54, 1.807) is 0 Å². The molecule has 0 saturated heterocycles. The number of hydrogen-bond donors (Lipinski definition) is 2. The van der Waals surface area contributed by atoms with Crippen LogP contribution in [0.2, 0.25) is 0 Å². The fourth-order valence-electron chi connectivity index (χ4n) is 0.872. The summed E-state index contributed by atoms with van der Waals surface area (Å²) in [7, 11) is 0. The zero-order chi connectivity index (χ0) is 8.53. The molecule has 0 amide bonds. The van der Waals surface area contributed by atoms with E-state index < -0.39 is 0 Å². The summed E-state index contributed by atoms with van der Waals surface area (Å²) in [5, 5.41) is 7.02. The second-order valence-corrected chi connectivity index (χ2v) is 2.60. The lowest BCUT2D eigenvalue weighted by Gasteiger charge is -1.96. The molecule has 0 rings (SSSR count). The maximum atomic E-state index is 9.98. The van der Waals surface area contributed by atoms with Gasteiger partial charge in [0.25, 0.3) is 0 Å². The standard InChI is InChI=1S/C8H16N2O/c9-6-4-2-1-3-5-8(10)7-11/h7,10H,1-6,9H2. The summed E-state index contributed by atoms with van der Waals surface area (Å²) in [6, 6.07) is 0. The first kappa shape index (κ1) is 10.3. The molecule has 0 fully saturated rings. The molecular weight excluding hydrogens is 140 g/mol. The van der Waals surface area contributed by atoms with Crippen LogP contribution in [-0.2, 0) is 4.79 Å². The van der Waals surface area contributed by atoms with Gasteiger partial charge >= 0.3 is 0 Å². The smallest absolute Gasteiger partial charge is 0.163 e. The molecule has 3 N–H and O–H groups in total. The van der Waals surface area contributed by atoms with Crippen LogP contribution in [0.5, 0.6) is 0 Å². The van der Waals surface area contributed by atoms with Crippen molar-refractivity contribution in [1.82, 2.24) is 0 Å². The minimum atomic E-state index is 0.206. The molecule has 3 heteroatoms. The second kappa shape index (κ2) is 7.41. The minimum Gasteiger partial charge on any atom is -0.330 e. The van der Waals surface area contributed by atoms with Crippen molar-refractivity contribution in [3.8, 4) is 0 Å². The van der Waals surface area contributed by atoms with Crippen LogP contribution >= 0.6 is 0 Å². The Labute approximate surface area is 67.5 Å². The van der Waals surface area contributed by atoms with Crippen molar-refractivity contribution in [3.05, 3.63) is 0 Å². The average Bonchev–Trinajstić information content (AvgIpc) is 2.04. The summed E-state index contributed by atoms with van der Waals surface area (Å²) in [5.74, 6) is 0. The van der Waals surface area contributed by atoms with Gasteiger partial charge in [-0.2, -0.15) is 0 Å². The molecule has 0 unspecified atom stereocenters. The van der Waals surface area contributed by atoms with Crippen molar-refractivity contribution in [2.24, 2.45) is 5.73 Å². The number of carbonyl (C=O) groups is 1. The first-order valence-electron chi connectivity index (χ1n) is 4.04. The van der Waals surface area contributed by atoms with Gasteiger partial charge in [-0.3, -0.25) is 4.79 Å². The van der Waals surface area contributed by atoms with E-state index >= 15 is 0 Å². The zero-order valence-corrected chi connectivity index (χ0v) is 6.81. The quantitative estimate of drug-likeness (QED) is 0.329. The van der Waals surface area contributed by atoms with Crippen LogP contribution in [0.4, 0.5) is 0 Å². The van der Waals surface area contributed by atoms with Crippen molar-refractivity contribution >= 4 is 12.0 Å². The molecule has 0 radical (unpaired) electrons. The van der Waals surface area contributed by atoms with E-state index in [-0.39, 0.29) is 5.71 Å². The first-order chi connectivity index (χ1) is 5.31. The molecule has 0 spiro atoms. The van der Waals surface area contributed by atoms with Crippen LogP contribution in [0.15, 0.2) is 0 Å². The Morgan fingerprint density at radius 3 is 2.45 bits per heavy atom. The van der Waals surface area contributed by atoms with Gasteiger partial charge < -0.3 is 11.1 Å². The van der Waals surface area contributed by atoms with Crippen molar-refractivity contribution in [2.75, 3.05) is 6.54 Å². The summed E-state index contributed by atoms with van der Waals surface area (Å²) >= 11 is 0. The third-order valence-electron chi connectivity index (χ3n) is 1.54. The summed E-state index contributed by atoms with van der Waals surface area (Å²) in [6.45, 7) is 0.741. The van der Waals surface area contributed by atoms with Crippen LogP contribution in [0.25, 0.3) is 0 Å².